The highest BCUT2D eigenvalue weighted by Gasteiger charge is 2.33. The Balaban J connectivity index is 0.994. The van der Waals surface area contributed by atoms with Crippen molar-refractivity contribution in [1.82, 2.24) is 0 Å². The smallest absolute Gasteiger partial charge is 0.0162 e. The predicted molar refractivity (Wildman–Crippen MR) is 175 cm³/mol. The van der Waals surface area contributed by atoms with Crippen LogP contribution >= 0.6 is 0 Å². The highest BCUT2D eigenvalue weighted by atomic mass is 14.4. The summed E-state index contributed by atoms with van der Waals surface area (Å²) >= 11 is 0. The van der Waals surface area contributed by atoms with Crippen LogP contribution in [0.1, 0.15) is 191 Å². The third-order valence-electron chi connectivity index (χ3n) is 13.0. The van der Waals surface area contributed by atoms with Crippen LogP contribution in [0.15, 0.2) is 24.3 Å². The van der Waals surface area contributed by atoms with Crippen LogP contribution in [-0.4, -0.2) is 0 Å². The second kappa shape index (κ2) is 16.2. The highest BCUT2D eigenvalue weighted by molar-refractivity contribution is 5.28. The van der Waals surface area contributed by atoms with Crippen LogP contribution in [0, 0.1) is 35.5 Å². The Morgan fingerprint density at radius 1 is 0.400 bits per heavy atom. The molecule has 0 aliphatic heterocycles. The Bertz CT molecular complexity index is 720. The molecule has 4 saturated carbocycles. The molecule has 0 spiro atoms. The first-order chi connectivity index (χ1) is 19.7. The van der Waals surface area contributed by atoms with Crippen molar-refractivity contribution in [3.8, 4) is 0 Å². The predicted octanol–water partition coefficient (Wildman–Crippen LogP) is 13.0. The summed E-state index contributed by atoms with van der Waals surface area (Å²) in [7, 11) is 0. The zero-order valence-electron chi connectivity index (χ0n) is 26.9. The zero-order chi connectivity index (χ0) is 27.6. The molecule has 4 fully saturated rings. The maximum absolute atomic E-state index is 2.55. The van der Waals surface area contributed by atoms with Gasteiger partial charge in [-0.15, -0.1) is 0 Å². The fourth-order valence-corrected chi connectivity index (χ4v) is 10.2. The van der Waals surface area contributed by atoms with Gasteiger partial charge in [0, 0.05) is 0 Å². The van der Waals surface area contributed by atoms with E-state index in [0.717, 1.165) is 47.3 Å². The summed E-state index contributed by atoms with van der Waals surface area (Å²) in [6, 6.07) is 10.2. The van der Waals surface area contributed by atoms with Crippen LogP contribution in [0.4, 0.5) is 0 Å². The molecule has 4 aliphatic rings. The standard InChI is InChI=1S/C40H66/c1-3-5-7-9-31-11-15-33(16-12-31)35-19-23-37(24-20-35)39-27-29-40(30-28-39)38-25-21-36(22-26-38)34-17-13-32(14-18-34)10-8-6-4-2/h27-38H,3-26H2,1-2H3/t31-,32-,33-,34-,35-,36-,37-,38-. The van der Waals surface area contributed by atoms with Gasteiger partial charge in [-0.25, -0.2) is 0 Å². The maximum Gasteiger partial charge on any atom is -0.0162 e. The van der Waals surface area contributed by atoms with Gasteiger partial charge >= 0.3 is 0 Å². The van der Waals surface area contributed by atoms with Gasteiger partial charge in [0.1, 0.15) is 0 Å². The summed E-state index contributed by atoms with van der Waals surface area (Å²) in [5, 5.41) is 0. The van der Waals surface area contributed by atoms with Crippen LogP contribution in [0.3, 0.4) is 0 Å². The van der Waals surface area contributed by atoms with E-state index in [2.05, 4.69) is 38.1 Å². The van der Waals surface area contributed by atoms with Crippen molar-refractivity contribution in [3.05, 3.63) is 35.4 Å². The first kappa shape index (κ1) is 30.7. The van der Waals surface area contributed by atoms with Crippen LogP contribution < -0.4 is 0 Å². The van der Waals surface area contributed by atoms with Crippen LogP contribution in [0.5, 0.6) is 0 Å². The monoisotopic (exact) mass is 547 g/mol. The number of hydrogen-bond acceptors (Lipinski definition) is 0. The zero-order valence-corrected chi connectivity index (χ0v) is 26.9. The molecule has 5 rings (SSSR count). The molecule has 0 radical (unpaired) electrons. The minimum atomic E-state index is 0.837. The van der Waals surface area contributed by atoms with Crippen LogP contribution in [0.25, 0.3) is 0 Å². The molecule has 0 heterocycles. The molecule has 0 bridgehead atoms. The van der Waals surface area contributed by atoms with Gasteiger partial charge < -0.3 is 0 Å². The normalized spacial score (nSPS) is 35.5. The Morgan fingerprint density at radius 3 is 1.00 bits per heavy atom. The largest absolute Gasteiger partial charge is 0.0654 e. The molecule has 0 unspecified atom stereocenters. The molecule has 0 atom stereocenters. The van der Waals surface area contributed by atoms with E-state index in [1.54, 1.807) is 36.8 Å². The van der Waals surface area contributed by atoms with Gasteiger partial charge in [0.05, 0.1) is 0 Å². The Morgan fingerprint density at radius 2 is 0.700 bits per heavy atom. The van der Waals surface area contributed by atoms with E-state index >= 15 is 0 Å². The molecule has 0 nitrogen and oxygen atoms in total. The SMILES string of the molecule is CCCCC[C@H]1CC[C@H]([C@H]2CC[C@H](c3ccc([C@H]4CC[C@H]([C@H]5CC[C@H](CCCCC)CC5)CC4)cc3)CC2)CC1. The molecular weight excluding hydrogens is 480 g/mol. The summed E-state index contributed by atoms with van der Waals surface area (Å²) < 4.78 is 0. The molecule has 0 amide bonds. The van der Waals surface area contributed by atoms with Crippen molar-refractivity contribution in [2.75, 3.05) is 0 Å². The first-order valence-electron chi connectivity index (χ1n) is 18.8. The summed E-state index contributed by atoms with van der Waals surface area (Å²) in [5.41, 5.74) is 3.32. The lowest BCUT2D eigenvalue weighted by molar-refractivity contribution is 0.155. The first-order valence-corrected chi connectivity index (χ1v) is 18.8. The summed E-state index contributed by atoms with van der Waals surface area (Å²) in [6.07, 6.45) is 35.8. The average Bonchev–Trinajstić information content (AvgIpc) is 3.02. The minimum Gasteiger partial charge on any atom is -0.0654 e. The van der Waals surface area contributed by atoms with Crippen molar-refractivity contribution < 1.29 is 0 Å². The van der Waals surface area contributed by atoms with Crippen molar-refractivity contribution in [2.24, 2.45) is 35.5 Å². The number of unbranched alkanes of at least 4 members (excludes halogenated alkanes) is 4. The lowest BCUT2D eigenvalue weighted by Gasteiger charge is -2.38. The van der Waals surface area contributed by atoms with Crippen LogP contribution in [-0.2, 0) is 0 Å². The van der Waals surface area contributed by atoms with Crippen LogP contribution in [0.2, 0.25) is 0 Å². The third kappa shape index (κ3) is 8.63. The van der Waals surface area contributed by atoms with E-state index in [4.69, 9.17) is 0 Å². The fraction of sp³-hybridized carbons (Fsp3) is 0.850. The molecule has 1 aromatic rings. The maximum atomic E-state index is 2.55. The lowest BCUT2D eigenvalue weighted by atomic mass is 9.67. The molecule has 4 aliphatic carbocycles. The van der Waals surface area contributed by atoms with Gasteiger partial charge in [0.25, 0.3) is 0 Å². The Kier molecular flexibility index (Phi) is 12.4. The van der Waals surface area contributed by atoms with Crippen molar-refractivity contribution >= 4 is 0 Å². The quantitative estimate of drug-likeness (QED) is 0.229. The number of benzene rings is 1. The topological polar surface area (TPSA) is 0 Å². The van der Waals surface area contributed by atoms with E-state index in [1.807, 2.05) is 0 Å². The van der Waals surface area contributed by atoms with E-state index in [-0.39, 0.29) is 0 Å². The Hall–Kier alpha value is -0.780. The molecule has 1 aromatic carbocycles. The van der Waals surface area contributed by atoms with Gasteiger partial charge in [-0.3, -0.25) is 0 Å². The van der Waals surface area contributed by atoms with Crippen molar-refractivity contribution in [3.63, 3.8) is 0 Å². The van der Waals surface area contributed by atoms with Gasteiger partial charge in [0.15, 0.2) is 0 Å². The summed E-state index contributed by atoms with van der Waals surface area (Å²) in [6.45, 7) is 4.68. The van der Waals surface area contributed by atoms with E-state index in [1.165, 1.54) is 128 Å². The minimum absolute atomic E-state index is 0.837. The third-order valence-corrected chi connectivity index (χ3v) is 13.0. The summed E-state index contributed by atoms with van der Waals surface area (Å²) in [5.74, 6) is 7.99. The molecule has 0 heteroatoms. The lowest BCUT2D eigenvalue weighted by Crippen LogP contribution is -2.25. The van der Waals surface area contributed by atoms with Crippen molar-refractivity contribution in [2.45, 2.75) is 180 Å². The molecule has 226 valence electrons. The van der Waals surface area contributed by atoms with Gasteiger partial charge in [-0.1, -0.05) is 115 Å². The number of rotatable bonds is 12. The van der Waals surface area contributed by atoms with Crippen molar-refractivity contribution in [1.29, 1.82) is 0 Å². The second-order valence-corrected chi connectivity index (χ2v) is 15.4. The molecule has 0 aromatic heterocycles. The highest BCUT2D eigenvalue weighted by Crippen LogP contribution is 2.46. The van der Waals surface area contributed by atoms with E-state index in [9.17, 15) is 0 Å². The molecule has 40 heavy (non-hydrogen) atoms. The van der Waals surface area contributed by atoms with Gasteiger partial charge in [0.2, 0.25) is 0 Å². The second-order valence-electron chi connectivity index (χ2n) is 15.4. The van der Waals surface area contributed by atoms with E-state index in [0.29, 0.717) is 0 Å². The fourth-order valence-electron chi connectivity index (χ4n) is 10.2. The number of hydrogen-bond donors (Lipinski definition) is 0. The molecular formula is C40H66. The molecule has 0 N–H and O–H groups in total. The summed E-state index contributed by atoms with van der Waals surface area (Å²) in [4.78, 5) is 0. The van der Waals surface area contributed by atoms with Gasteiger partial charge in [-0.2, -0.15) is 0 Å². The van der Waals surface area contributed by atoms with Gasteiger partial charge in [-0.05, 0) is 136 Å². The Labute approximate surface area is 250 Å². The van der Waals surface area contributed by atoms with E-state index < -0.39 is 0 Å². The average molecular weight is 547 g/mol. The molecule has 0 saturated heterocycles.